The van der Waals surface area contributed by atoms with E-state index >= 15 is 0 Å². The summed E-state index contributed by atoms with van der Waals surface area (Å²) in [5.41, 5.74) is 1.65. The number of hydrogen-bond donors (Lipinski definition) is 2. The first kappa shape index (κ1) is 31.0. The zero-order chi connectivity index (χ0) is 30.7. The van der Waals surface area contributed by atoms with Gasteiger partial charge in [-0.2, -0.15) is 17.9 Å². The molecule has 0 bridgehead atoms. The second kappa shape index (κ2) is 12.5. The van der Waals surface area contributed by atoms with Crippen molar-refractivity contribution in [3.05, 3.63) is 94.1 Å². The highest BCUT2D eigenvalue weighted by Gasteiger charge is 2.30. The first-order chi connectivity index (χ1) is 19.8. The molecule has 0 aliphatic carbocycles. The van der Waals surface area contributed by atoms with Crippen molar-refractivity contribution in [2.75, 3.05) is 6.61 Å². The second-order valence-corrected chi connectivity index (χ2v) is 11.6. The molecule has 7 nitrogen and oxygen atoms in total. The van der Waals surface area contributed by atoms with Gasteiger partial charge in [0.25, 0.3) is 0 Å². The Morgan fingerprint density at radius 1 is 1.10 bits per heavy atom. The summed E-state index contributed by atoms with van der Waals surface area (Å²) in [4.78, 5) is 12.1. The average Bonchev–Trinajstić information content (AvgIpc) is 3.18. The van der Waals surface area contributed by atoms with Crippen molar-refractivity contribution in [3.8, 4) is 17.6 Å². The van der Waals surface area contributed by atoms with Crippen molar-refractivity contribution in [1.82, 2.24) is 9.29 Å². The molecule has 4 aromatic rings. The van der Waals surface area contributed by atoms with Gasteiger partial charge in [-0.3, -0.25) is 4.79 Å². The predicted octanol–water partition coefficient (Wildman–Crippen LogP) is 6.05. The quantitative estimate of drug-likeness (QED) is 0.211. The first-order valence-corrected chi connectivity index (χ1v) is 14.5. The summed E-state index contributed by atoms with van der Waals surface area (Å²) in [6, 6.07) is 13.8. The maximum Gasteiger partial charge on any atom is 0.416 e. The van der Waals surface area contributed by atoms with Crippen molar-refractivity contribution in [1.29, 1.82) is 0 Å². The number of sulfonamides is 1. The minimum Gasteiger partial charge on any atom is -0.481 e. The number of carboxylic acid groups (broad SMARTS) is 1. The van der Waals surface area contributed by atoms with Crippen LogP contribution in [-0.4, -0.2) is 36.7 Å². The number of hydrogen-bond acceptors (Lipinski definition) is 4. The molecule has 0 fully saturated rings. The highest BCUT2D eigenvalue weighted by molar-refractivity contribution is 7.89. The Balaban J connectivity index is 1.63. The molecular weight excluding hydrogens is 593 g/mol. The van der Waals surface area contributed by atoms with E-state index in [4.69, 9.17) is 16.3 Å². The molecule has 1 atom stereocenters. The van der Waals surface area contributed by atoms with E-state index in [0.717, 1.165) is 12.1 Å². The topological polar surface area (TPSA) is 97.6 Å². The molecule has 0 saturated heterocycles. The Bertz CT molecular complexity index is 1770. The number of rotatable bonds is 10. The highest BCUT2D eigenvalue weighted by atomic mass is 35.5. The second-order valence-electron chi connectivity index (χ2n) is 9.41. The first-order valence-electron chi connectivity index (χ1n) is 12.6. The standard InChI is InChI=1S/C30H26ClF3N2O5S/c1-3-4-15-41-23-10-12-24(13-11-23)42(39,40)35-27(29(37)38)17-25-19(2)36(28-14-9-22(31)16-26(25)28)18-20-5-7-21(8-6-20)30(32,33)34/h5-14,16,27,35H,15,17-18H2,1-2H3,(H,37,38)/t27-/m0/s1. The van der Waals surface area contributed by atoms with Crippen LogP contribution in [0.5, 0.6) is 5.75 Å². The number of fused-ring (bicyclic) bond motifs is 1. The number of carboxylic acids is 1. The van der Waals surface area contributed by atoms with Gasteiger partial charge in [0.2, 0.25) is 10.0 Å². The van der Waals surface area contributed by atoms with Gasteiger partial charge >= 0.3 is 12.1 Å². The van der Waals surface area contributed by atoms with Crippen LogP contribution < -0.4 is 9.46 Å². The maximum absolute atomic E-state index is 13.1. The van der Waals surface area contributed by atoms with Crippen LogP contribution in [0.25, 0.3) is 10.9 Å². The van der Waals surface area contributed by atoms with Crippen LogP contribution in [0, 0.1) is 18.8 Å². The van der Waals surface area contributed by atoms with Crippen molar-refractivity contribution >= 4 is 38.5 Å². The molecule has 0 aliphatic heterocycles. The molecule has 2 N–H and O–H groups in total. The van der Waals surface area contributed by atoms with E-state index in [1.807, 2.05) is 4.57 Å². The number of benzene rings is 3. The summed E-state index contributed by atoms with van der Waals surface area (Å²) < 4.78 is 74.8. The van der Waals surface area contributed by atoms with Gasteiger partial charge in [0.05, 0.1) is 10.5 Å². The molecule has 0 unspecified atom stereocenters. The van der Waals surface area contributed by atoms with Crippen molar-refractivity contribution in [3.63, 3.8) is 0 Å². The van der Waals surface area contributed by atoms with Gasteiger partial charge in [0, 0.05) is 34.6 Å². The molecule has 0 aliphatic rings. The van der Waals surface area contributed by atoms with Gasteiger partial charge in [-0.15, -0.1) is 5.92 Å². The molecule has 3 aromatic carbocycles. The van der Waals surface area contributed by atoms with Crippen molar-refractivity contribution in [2.45, 2.75) is 43.9 Å². The fourth-order valence-corrected chi connectivity index (χ4v) is 5.87. The van der Waals surface area contributed by atoms with Gasteiger partial charge in [0.1, 0.15) is 18.4 Å². The third-order valence-corrected chi connectivity index (χ3v) is 8.39. The summed E-state index contributed by atoms with van der Waals surface area (Å²) in [6.07, 6.45) is -4.68. The van der Waals surface area contributed by atoms with E-state index in [1.165, 1.54) is 36.4 Å². The molecule has 0 amide bonds. The number of halogens is 4. The minimum absolute atomic E-state index is 0.137. The molecule has 1 heterocycles. The maximum atomic E-state index is 13.1. The molecule has 42 heavy (non-hydrogen) atoms. The zero-order valence-corrected chi connectivity index (χ0v) is 24.1. The number of aliphatic carboxylic acids is 1. The normalized spacial score (nSPS) is 12.5. The van der Waals surface area contributed by atoms with E-state index in [0.29, 0.717) is 38.5 Å². The number of ether oxygens (including phenoxy) is 1. The van der Waals surface area contributed by atoms with E-state index in [2.05, 4.69) is 16.6 Å². The van der Waals surface area contributed by atoms with Crippen LogP contribution in [0.3, 0.4) is 0 Å². The van der Waals surface area contributed by atoms with Crippen molar-refractivity contribution < 1.29 is 36.2 Å². The average molecular weight is 619 g/mol. The third kappa shape index (κ3) is 7.07. The Morgan fingerprint density at radius 3 is 2.36 bits per heavy atom. The molecule has 0 radical (unpaired) electrons. The number of carbonyl (C=O) groups is 1. The fraction of sp³-hybridized carbons (Fsp3) is 0.233. The van der Waals surface area contributed by atoms with E-state index < -0.39 is 33.8 Å². The van der Waals surface area contributed by atoms with Crippen LogP contribution in [-0.2, 0) is 34.0 Å². The zero-order valence-electron chi connectivity index (χ0n) is 22.5. The highest BCUT2D eigenvalue weighted by Crippen LogP contribution is 2.32. The summed E-state index contributed by atoms with van der Waals surface area (Å²) in [5.74, 6) is 4.42. The lowest BCUT2D eigenvalue weighted by atomic mass is 10.0. The van der Waals surface area contributed by atoms with Gasteiger partial charge in [0.15, 0.2) is 0 Å². The van der Waals surface area contributed by atoms with Crippen LogP contribution in [0.15, 0.2) is 71.6 Å². The predicted molar refractivity (Wildman–Crippen MR) is 153 cm³/mol. The van der Waals surface area contributed by atoms with Crippen LogP contribution in [0.4, 0.5) is 13.2 Å². The number of alkyl halides is 3. The lowest BCUT2D eigenvalue weighted by molar-refractivity contribution is -0.139. The van der Waals surface area contributed by atoms with Crippen LogP contribution >= 0.6 is 11.6 Å². The number of nitrogens with zero attached hydrogens (tertiary/aromatic N) is 1. The molecule has 1 aromatic heterocycles. The monoisotopic (exact) mass is 618 g/mol. The van der Waals surface area contributed by atoms with Gasteiger partial charge in [-0.25, -0.2) is 8.42 Å². The molecular formula is C30H26ClF3N2O5S. The van der Waals surface area contributed by atoms with E-state index in [1.54, 1.807) is 32.0 Å². The Kier molecular flexibility index (Phi) is 9.21. The summed E-state index contributed by atoms with van der Waals surface area (Å²) >= 11 is 6.25. The molecule has 12 heteroatoms. The minimum atomic E-state index is -4.46. The van der Waals surface area contributed by atoms with Gasteiger partial charge in [-0.1, -0.05) is 29.7 Å². The lowest BCUT2D eigenvalue weighted by Gasteiger charge is -2.16. The van der Waals surface area contributed by atoms with E-state index in [9.17, 15) is 31.5 Å². The van der Waals surface area contributed by atoms with Crippen molar-refractivity contribution in [2.24, 2.45) is 0 Å². The molecule has 0 spiro atoms. The van der Waals surface area contributed by atoms with Crippen LogP contribution in [0.2, 0.25) is 5.02 Å². The third-order valence-electron chi connectivity index (χ3n) is 6.66. The Hall–Kier alpha value is -3.98. The summed E-state index contributed by atoms with van der Waals surface area (Å²) in [5, 5.41) is 11.0. The lowest BCUT2D eigenvalue weighted by Crippen LogP contribution is -2.42. The van der Waals surface area contributed by atoms with E-state index in [-0.39, 0.29) is 24.5 Å². The molecule has 0 saturated carbocycles. The Morgan fingerprint density at radius 2 is 1.76 bits per heavy atom. The SMILES string of the molecule is CC#CCOc1ccc(S(=O)(=O)N[C@@H](Cc2c(C)n(Cc3ccc(C(F)(F)F)cc3)c3ccc(Cl)cc23)C(=O)O)cc1. The number of aromatic nitrogens is 1. The molecule has 220 valence electrons. The van der Waals surface area contributed by atoms with Gasteiger partial charge in [-0.05, 0) is 79.6 Å². The van der Waals surface area contributed by atoms with Gasteiger partial charge < -0.3 is 14.4 Å². The summed E-state index contributed by atoms with van der Waals surface area (Å²) in [7, 11) is -4.24. The summed E-state index contributed by atoms with van der Waals surface area (Å²) in [6.45, 7) is 3.74. The number of nitrogens with one attached hydrogen (secondary N) is 1. The molecule has 4 rings (SSSR count). The largest absolute Gasteiger partial charge is 0.481 e. The Labute approximate surface area is 245 Å². The fourth-order valence-electron chi connectivity index (χ4n) is 4.51. The van der Waals surface area contributed by atoms with Crippen LogP contribution in [0.1, 0.15) is 29.3 Å². The smallest absolute Gasteiger partial charge is 0.416 e.